The monoisotopic (exact) mass is 350 g/mol. The maximum Gasteiger partial charge on any atom is 0.0935 e. The minimum absolute atomic E-state index is 0.743. The molecule has 0 N–H and O–H groups in total. The Kier molecular flexibility index (Phi) is 4.53. The molecule has 0 radical (unpaired) electrons. The van der Waals surface area contributed by atoms with Crippen LogP contribution in [-0.2, 0) is 0 Å². The van der Waals surface area contributed by atoms with Gasteiger partial charge in [-0.05, 0) is 36.4 Å². The van der Waals surface area contributed by atoms with E-state index in [4.69, 9.17) is 11.6 Å². The molecule has 2 aromatic heterocycles. The number of hydrogen-bond acceptors (Lipinski definition) is 4. The van der Waals surface area contributed by atoms with E-state index in [1.807, 2.05) is 48.9 Å². The molecule has 0 saturated carbocycles. The van der Waals surface area contributed by atoms with Crippen molar-refractivity contribution in [2.45, 2.75) is 0 Å². The summed E-state index contributed by atoms with van der Waals surface area (Å²) in [6.07, 6.45) is 5.55. The Morgan fingerprint density at radius 3 is 2.16 bits per heavy atom. The van der Waals surface area contributed by atoms with Gasteiger partial charge in [0.25, 0.3) is 0 Å². The first-order valence-electron chi connectivity index (χ1n) is 8.42. The summed E-state index contributed by atoms with van der Waals surface area (Å²) in [5, 5.41) is 0.743. The molecule has 1 aliphatic heterocycles. The third kappa shape index (κ3) is 3.44. The van der Waals surface area contributed by atoms with Gasteiger partial charge in [-0.25, -0.2) is 0 Å². The molecule has 3 heterocycles. The number of anilines is 2. The van der Waals surface area contributed by atoms with E-state index < -0.39 is 0 Å². The van der Waals surface area contributed by atoms with Crippen molar-refractivity contribution >= 4 is 23.0 Å². The van der Waals surface area contributed by atoms with Gasteiger partial charge in [0.15, 0.2) is 0 Å². The standard InChI is InChI=1S/C20H19ClN4/c21-17-5-3-16(4-6-17)20-19(2-1-9-23-20)25-14-12-24(13-15-25)18-7-10-22-11-8-18/h1-11H,12-15H2. The quantitative estimate of drug-likeness (QED) is 0.711. The fraction of sp³-hybridized carbons (Fsp3) is 0.200. The van der Waals surface area contributed by atoms with Gasteiger partial charge < -0.3 is 9.80 Å². The molecule has 1 fully saturated rings. The Labute approximate surface area is 152 Å². The maximum absolute atomic E-state index is 6.02. The van der Waals surface area contributed by atoms with Crippen LogP contribution in [0.25, 0.3) is 11.3 Å². The Hall–Kier alpha value is -2.59. The van der Waals surface area contributed by atoms with Gasteiger partial charge in [-0.2, -0.15) is 0 Å². The van der Waals surface area contributed by atoms with Gasteiger partial charge in [0.2, 0.25) is 0 Å². The highest BCUT2D eigenvalue weighted by Crippen LogP contribution is 2.30. The van der Waals surface area contributed by atoms with Crippen LogP contribution in [0.5, 0.6) is 0 Å². The van der Waals surface area contributed by atoms with Gasteiger partial charge in [0, 0.05) is 61.0 Å². The summed E-state index contributed by atoms with van der Waals surface area (Å²) in [7, 11) is 0. The minimum Gasteiger partial charge on any atom is -0.368 e. The van der Waals surface area contributed by atoms with Gasteiger partial charge in [0.1, 0.15) is 0 Å². The molecular formula is C20H19ClN4. The van der Waals surface area contributed by atoms with Gasteiger partial charge in [-0.3, -0.25) is 9.97 Å². The molecule has 126 valence electrons. The predicted molar refractivity (Wildman–Crippen MR) is 103 cm³/mol. The summed E-state index contributed by atoms with van der Waals surface area (Å²) in [4.78, 5) is 13.5. The van der Waals surface area contributed by atoms with Crippen LogP contribution >= 0.6 is 11.6 Å². The van der Waals surface area contributed by atoms with Crippen LogP contribution in [0.1, 0.15) is 0 Å². The molecular weight excluding hydrogens is 332 g/mol. The summed E-state index contributed by atoms with van der Waals surface area (Å²) >= 11 is 6.02. The Bertz CT molecular complexity index is 828. The first kappa shape index (κ1) is 15.9. The van der Waals surface area contributed by atoms with Crippen molar-refractivity contribution in [3.8, 4) is 11.3 Å². The lowest BCUT2D eigenvalue weighted by Crippen LogP contribution is -2.46. The topological polar surface area (TPSA) is 32.3 Å². The molecule has 5 heteroatoms. The van der Waals surface area contributed by atoms with E-state index in [9.17, 15) is 0 Å². The third-order valence-electron chi connectivity index (χ3n) is 4.55. The first-order valence-corrected chi connectivity index (χ1v) is 8.80. The number of hydrogen-bond donors (Lipinski definition) is 0. The van der Waals surface area contributed by atoms with Crippen molar-refractivity contribution in [3.05, 3.63) is 72.1 Å². The molecule has 0 spiro atoms. The molecule has 1 saturated heterocycles. The summed E-state index contributed by atoms with van der Waals surface area (Å²) in [6, 6.07) is 16.2. The fourth-order valence-electron chi connectivity index (χ4n) is 3.24. The molecule has 0 unspecified atom stereocenters. The Morgan fingerprint density at radius 2 is 1.44 bits per heavy atom. The highest BCUT2D eigenvalue weighted by atomic mass is 35.5. The summed E-state index contributed by atoms with van der Waals surface area (Å²) in [5.41, 5.74) is 4.52. The van der Waals surface area contributed by atoms with Crippen molar-refractivity contribution in [1.82, 2.24) is 9.97 Å². The second-order valence-electron chi connectivity index (χ2n) is 6.06. The molecule has 4 nitrogen and oxygen atoms in total. The van der Waals surface area contributed by atoms with Gasteiger partial charge in [0.05, 0.1) is 11.4 Å². The van der Waals surface area contributed by atoms with E-state index in [1.165, 1.54) is 11.4 Å². The lowest BCUT2D eigenvalue weighted by Gasteiger charge is -2.37. The van der Waals surface area contributed by atoms with Gasteiger partial charge in [-0.15, -0.1) is 0 Å². The molecule has 0 aliphatic carbocycles. The predicted octanol–water partition coefficient (Wildman–Crippen LogP) is 4.12. The number of rotatable bonds is 3. The minimum atomic E-state index is 0.743. The van der Waals surface area contributed by atoms with Crippen molar-refractivity contribution in [1.29, 1.82) is 0 Å². The molecule has 0 bridgehead atoms. The molecule has 0 atom stereocenters. The lowest BCUT2D eigenvalue weighted by molar-refractivity contribution is 0.653. The van der Waals surface area contributed by atoms with Crippen molar-refractivity contribution in [3.63, 3.8) is 0 Å². The molecule has 0 amide bonds. The maximum atomic E-state index is 6.02. The number of halogens is 1. The second-order valence-corrected chi connectivity index (χ2v) is 6.49. The van der Waals surface area contributed by atoms with E-state index in [-0.39, 0.29) is 0 Å². The first-order chi connectivity index (χ1) is 12.3. The highest BCUT2D eigenvalue weighted by molar-refractivity contribution is 6.30. The van der Waals surface area contributed by atoms with Crippen LogP contribution in [0.3, 0.4) is 0 Å². The van der Waals surface area contributed by atoms with E-state index in [1.54, 1.807) is 0 Å². The van der Waals surface area contributed by atoms with Crippen LogP contribution in [0.2, 0.25) is 5.02 Å². The molecule has 3 aromatic rings. The van der Waals surface area contributed by atoms with Crippen molar-refractivity contribution in [2.75, 3.05) is 36.0 Å². The lowest BCUT2D eigenvalue weighted by atomic mass is 10.1. The summed E-state index contributed by atoms with van der Waals surface area (Å²) in [5.74, 6) is 0. The van der Waals surface area contributed by atoms with Crippen molar-refractivity contribution in [2.24, 2.45) is 0 Å². The number of pyridine rings is 2. The Balaban J connectivity index is 1.55. The molecule has 25 heavy (non-hydrogen) atoms. The highest BCUT2D eigenvalue weighted by Gasteiger charge is 2.20. The molecule has 1 aromatic carbocycles. The average Bonchev–Trinajstić information content (AvgIpc) is 2.69. The average molecular weight is 351 g/mol. The van der Waals surface area contributed by atoms with Crippen LogP contribution in [0.4, 0.5) is 11.4 Å². The smallest absolute Gasteiger partial charge is 0.0935 e. The third-order valence-corrected chi connectivity index (χ3v) is 4.80. The SMILES string of the molecule is Clc1ccc(-c2ncccc2N2CCN(c3ccncc3)CC2)cc1. The molecule has 4 rings (SSSR count). The van der Waals surface area contributed by atoms with E-state index in [2.05, 4.69) is 38.0 Å². The van der Waals surface area contributed by atoms with Crippen LogP contribution in [-0.4, -0.2) is 36.1 Å². The zero-order valence-electron chi connectivity index (χ0n) is 13.8. The number of aromatic nitrogens is 2. The van der Waals surface area contributed by atoms with Crippen LogP contribution in [0, 0.1) is 0 Å². The largest absolute Gasteiger partial charge is 0.368 e. The summed E-state index contributed by atoms with van der Waals surface area (Å²) in [6.45, 7) is 3.90. The van der Waals surface area contributed by atoms with Crippen molar-refractivity contribution < 1.29 is 0 Å². The zero-order chi connectivity index (χ0) is 17.1. The van der Waals surface area contributed by atoms with Crippen LogP contribution in [0.15, 0.2) is 67.1 Å². The van der Waals surface area contributed by atoms with E-state index >= 15 is 0 Å². The fourth-order valence-corrected chi connectivity index (χ4v) is 3.37. The van der Waals surface area contributed by atoms with Gasteiger partial charge in [-0.1, -0.05) is 23.7 Å². The molecule has 1 aliphatic rings. The normalized spacial score (nSPS) is 14.6. The Morgan fingerprint density at radius 1 is 0.760 bits per heavy atom. The van der Waals surface area contributed by atoms with Crippen LogP contribution < -0.4 is 9.80 Å². The summed E-state index contributed by atoms with van der Waals surface area (Å²) < 4.78 is 0. The number of piperazine rings is 1. The van der Waals surface area contributed by atoms with E-state index in [0.717, 1.165) is 42.5 Å². The van der Waals surface area contributed by atoms with Gasteiger partial charge >= 0.3 is 0 Å². The number of benzene rings is 1. The number of nitrogens with zero attached hydrogens (tertiary/aromatic N) is 4. The van der Waals surface area contributed by atoms with E-state index in [0.29, 0.717) is 0 Å². The zero-order valence-corrected chi connectivity index (χ0v) is 14.6. The second kappa shape index (κ2) is 7.11.